The Kier molecular flexibility index (Phi) is 2.79. The van der Waals surface area contributed by atoms with E-state index in [-0.39, 0.29) is 21.6 Å². The Balaban J connectivity index is 2.32. The minimum Gasteiger partial charge on any atom is -0.475 e. The second kappa shape index (κ2) is 3.81. The van der Waals surface area contributed by atoms with Crippen LogP contribution in [0.25, 0.3) is 0 Å². The fourth-order valence-electron chi connectivity index (χ4n) is 1.65. The van der Waals surface area contributed by atoms with Crippen LogP contribution < -0.4 is 0 Å². The maximum Gasteiger partial charge on any atom is 0.239 e. The first kappa shape index (κ1) is 11.0. The number of halogens is 2. The van der Waals surface area contributed by atoms with Crippen molar-refractivity contribution in [2.24, 2.45) is 0 Å². The Hall–Kier alpha value is -0.510. The molecule has 0 saturated carbocycles. The summed E-state index contributed by atoms with van der Waals surface area (Å²) in [6, 6.07) is 0. The highest BCUT2D eigenvalue weighted by Gasteiger charge is 2.48. The zero-order chi connectivity index (χ0) is 11.1. The van der Waals surface area contributed by atoms with Gasteiger partial charge in [0.05, 0.1) is 11.6 Å². The molecule has 0 aromatic carbocycles. The van der Waals surface area contributed by atoms with E-state index in [0.717, 1.165) is 0 Å². The van der Waals surface area contributed by atoms with Crippen molar-refractivity contribution in [3.63, 3.8) is 0 Å². The molecule has 5 heteroatoms. The van der Waals surface area contributed by atoms with E-state index < -0.39 is 5.60 Å². The zero-order valence-electron chi connectivity index (χ0n) is 8.18. The van der Waals surface area contributed by atoms with Crippen LogP contribution in [0.2, 0.25) is 0 Å². The molecule has 0 fully saturated rings. The molecule has 3 nitrogen and oxygen atoms in total. The van der Waals surface area contributed by atoms with E-state index >= 15 is 0 Å². The minimum absolute atomic E-state index is 0.0476. The monoisotopic (exact) mass is 248 g/mol. The number of rotatable bonds is 3. The highest BCUT2D eigenvalue weighted by molar-refractivity contribution is 6.51. The van der Waals surface area contributed by atoms with E-state index in [1.165, 1.54) is 0 Å². The van der Waals surface area contributed by atoms with Gasteiger partial charge in [0.1, 0.15) is 5.03 Å². The van der Waals surface area contributed by atoms with Gasteiger partial charge < -0.3 is 9.47 Å². The van der Waals surface area contributed by atoms with Gasteiger partial charge >= 0.3 is 0 Å². The summed E-state index contributed by atoms with van der Waals surface area (Å²) in [5, 5.41) is 0.298. The van der Waals surface area contributed by atoms with Gasteiger partial charge in [0.2, 0.25) is 5.78 Å². The molecule has 0 unspecified atom stereocenters. The molecule has 0 aliphatic carbocycles. The van der Waals surface area contributed by atoms with E-state index in [9.17, 15) is 4.79 Å². The number of ketones is 1. The molecule has 2 aliphatic heterocycles. The van der Waals surface area contributed by atoms with Gasteiger partial charge in [-0.15, -0.1) is 0 Å². The number of hydrogen-bond donors (Lipinski definition) is 0. The highest BCUT2D eigenvalue weighted by Crippen LogP contribution is 2.45. The lowest BCUT2D eigenvalue weighted by Crippen LogP contribution is -2.39. The van der Waals surface area contributed by atoms with Crippen molar-refractivity contribution in [1.82, 2.24) is 0 Å². The second-order valence-corrected chi connectivity index (χ2v) is 4.22. The first-order valence-corrected chi connectivity index (χ1v) is 5.43. The first-order chi connectivity index (χ1) is 7.10. The Bertz CT molecular complexity index is 373. The molecule has 1 atom stereocenters. The topological polar surface area (TPSA) is 35.5 Å². The van der Waals surface area contributed by atoms with Crippen LogP contribution in [0.1, 0.15) is 13.3 Å². The largest absolute Gasteiger partial charge is 0.475 e. The van der Waals surface area contributed by atoms with Crippen molar-refractivity contribution in [3.05, 3.63) is 21.9 Å². The van der Waals surface area contributed by atoms with Crippen molar-refractivity contribution in [3.8, 4) is 0 Å². The molecule has 2 aliphatic rings. The molecule has 0 aromatic heterocycles. The molecule has 0 amide bonds. The molecule has 0 saturated heterocycles. The van der Waals surface area contributed by atoms with Crippen molar-refractivity contribution >= 4 is 29.0 Å². The van der Waals surface area contributed by atoms with Crippen molar-refractivity contribution < 1.29 is 14.3 Å². The van der Waals surface area contributed by atoms with Crippen LogP contribution in [0.5, 0.6) is 0 Å². The number of Topliss-reactive ketones (excluding diaryl/α,β-unsaturated/α-hetero) is 1. The quantitative estimate of drug-likeness (QED) is 0.770. The predicted molar refractivity (Wildman–Crippen MR) is 56.7 cm³/mol. The smallest absolute Gasteiger partial charge is 0.239 e. The summed E-state index contributed by atoms with van der Waals surface area (Å²) in [5.74, 6) is -0.0598. The lowest BCUT2D eigenvalue weighted by Gasteiger charge is -2.32. The van der Waals surface area contributed by atoms with Gasteiger partial charge in [-0.25, -0.2) is 0 Å². The van der Waals surface area contributed by atoms with Crippen LogP contribution in [-0.2, 0) is 14.3 Å². The lowest BCUT2D eigenvalue weighted by atomic mass is 10.0. The molecule has 2 rings (SSSR count). The molecule has 2 bridgehead atoms. The Labute approximate surface area is 97.6 Å². The van der Waals surface area contributed by atoms with Gasteiger partial charge in [0, 0.05) is 13.0 Å². The Morgan fingerprint density at radius 3 is 3.00 bits per heavy atom. The van der Waals surface area contributed by atoms with Crippen molar-refractivity contribution in [2.75, 3.05) is 13.2 Å². The Morgan fingerprint density at radius 1 is 1.60 bits per heavy atom. The molecule has 82 valence electrons. The zero-order valence-corrected chi connectivity index (χ0v) is 9.69. The number of allylic oxidation sites excluding steroid dienone is 1. The minimum atomic E-state index is -0.766. The third-order valence-electron chi connectivity index (χ3n) is 2.48. The summed E-state index contributed by atoms with van der Waals surface area (Å²) in [4.78, 5) is 11.5. The van der Waals surface area contributed by atoms with E-state index in [4.69, 9.17) is 32.7 Å². The number of hydrogen-bond acceptors (Lipinski definition) is 3. The van der Waals surface area contributed by atoms with Gasteiger partial charge in [-0.2, -0.15) is 0 Å². The SMILES string of the molecule is CCOC[C@@]12CC=C(O1)C(=O)C(Cl)=C2Cl. The van der Waals surface area contributed by atoms with E-state index in [2.05, 4.69) is 0 Å². The maximum absolute atomic E-state index is 11.5. The fraction of sp³-hybridized carbons (Fsp3) is 0.500. The average Bonchev–Trinajstić information content (AvgIpc) is 2.65. The molecule has 0 spiro atoms. The molecule has 0 radical (unpaired) electrons. The normalized spacial score (nSPS) is 29.3. The third kappa shape index (κ3) is 1.59. The van der Waals surface area contributed by atoms with Crippen LogP contribution >= 0.6 is 23.2 Å². The second-order valence-electron chi connectivity index (χ2n) is 3.46. The van der Waals surface area contributed by atoms with Gasteiger partial charge in [0.25, 0.3) is 0 Å². The summed E-state index contributed by atoms with van der Waals surface area (Å²) in [6.45, 7) is 2.76. The summed E-state index contributed by atoms with van der Waals surface area (Å²) < 4.78 is 10.8. The van der Waals surface area contributed by atoms with E-state index in [1.807, 2.05) is 6.92 Å². The predicted octanol–water partition coefficient (Wildman–Crippen LogP) is 2.34. The first-order valence-electron chi connectivity index (χ1n) is 4.68. The lowest BCUT2D eigenvalue weighted by molar-refractivity contribution is -0.119. The molecular weight excluding hydrogens is 239 g/mol. The average molecular weight is 249 g/mol. The highest BCUT2D eigenvalue weighted by atomic mass is 35.5. The molecule has 0 aromatic rings. The summed E-state index contributed by atoms with van der Waals surface area (Å²) >= 11 is 11.9. The van der Waals surface area contributed by atoms with Crippen LogP contribution in [0.15, 0.2) is 21.9 Å². The standard InChI is InChI=1S/C10H10Cl2O3/c1-2-14-5-10-4-3-6(15-10)8(13)7(11)9(10)12/h3H,2,4-5H2,1H3/t10-/m1/s1. The maximum atomic E-state index is 11.5. The number of ether oxygens (including phenoxy) is 2. The van der Waals surface area contributed by atoms with Crippen molar-refractivity contribution in [1.29, 1.82) is 0 Å². The number of carbonyl (C=O) groups excluding carboxylic acids is 1. The summed E-state index contributed by atoms with van der Waals surface area (Å²) in [5.41, 5.74) is -0.766. The third-order valence-corrected chi connectivity index (χ3v) is 3.47. The number of carbonyl (C=O) groups is 1. The molecule has 15 heavy (non-hydrogen) atoms. The van der Waals surface area contributed by atoms with Crippen LogP contribution in [0.4, 0.5) is 0 Å². The fourth-order valence-corrected chi connectivity index (χ4v) is 2.17. The summed E-state index contributed by atoms with van der Waals surface area (Å²) in [6.07, 6.45) is 2.24. The van der Waals surface area contributed by atoms with Crippen LogP contribution in [-0.4, -0.2) is 24.6 Å². The van der Waals surface area contributed by atoms with Crippen molar-refractivity contribution in [2.45, 2.75) is 18.9 Å². The van der Waals surface area contributed by atoms with E-state index in [1.54, 1.807) is 6.08 Å². The van der Waals surface area contributed by atoms with Gasteiger partial charge in [-0.3, -0.25) is 4.79 Å². The molecular formula is C10H10Cl2O3. The van der Waals surface area contributed by atoms with Gasteiger partial charge in [0.15, 0.2) is 11.4 Å². The van der Waals surface area contributed by atoms with Crippen LogP contribution in [0.3, 0.4) is 0 Å². The van der Waals surface area contributed by atoms with Gasteiger partial charge in [-0.05, 0) is 13.0 Å². The molecule has 0 N–H and O–H groups in total. The molecule has 2 heterocycles. The number of fused-ring (bicyclic) bond motifs is 2. The van der Waals surface area contributed by atoms with Gasteiger partial charge in [-0.1, -0.05) is 23.2 Å². The van der Waals surface area contributed by atoms with Crippen LogP contribution in [0, 0.1) is 0 Å². The van der Waals surface area contributed by atoms with E-state index in [0.29, 0.717) is 19.6 Å². The Morgan fingerprint density at radius 2 is 2.33 bits per heavy atom. The summed E-state index contributed by atoms with van der Waals surface area (Å²) in [7, 11) is 0.